The standard InChI is InChI=1S/C19H16Cl2N4O/c1-11-6-12(2)8-14(7-11)24-19-22-9-13(10-23-19)18(26)25-17-15(20)4-3-5-16(17)21/h3-10H,1-2H3,(H,25,26)(H,22,23,24). The highest BCUT2D eigenvalue weighted by Gasteiger charge is 2.12. The maximum absolute atomic E-state index is 12.3. The largest absolute Gasteiger partial charge is 0.324 e. The fraction of sp³-hybridized carbons (Fsp3) is 0.105. The number of aromatic nitrogens is 2. The van der Waals surface area contributed by atoms with Crippen LogP contribution < -0.4 is 10.6 Å². The minimum absolute atomic E-state index is 0.298. The van der Waals surface area contributed by atoms with Crippen LogP contribution in [0.3, 0.4) is 0 Å². The molecule has 0 unspecified atom stereocenters. The molecule has 0 fully saturated rings. The number of para-hydroxylation sites is 1. The maximum atomic E-state index is 12.3. The van der Waals surface area contributed by atoms with E-state index in [0.29, 0.717) is 27.2 Å². The molecule has 0 aliphatic carbocycles. The molecule has 0 radical (unpaired) electrons. The van der Waals surface area contributed by atoms with Crippen molar-refractivity contribution in [1.82, 2.24) is 9.97 Å². The summed E-state index contributed by atoms with van der Waals surface area (Å²) in [6, 6.07) is 11.1. The van der Waals surface area contributed by atoms with E-state index in [1.807, 2.05) is 26.0 Å². The summed E-state index contributed by atoms with van der Waals surface area (Å²) in [4.78, 5) is 20.7. The lowest BCUT2D eigenvalue weighted by atomic mass is 10.1. The second-order valence-electron chi connectivity index (χ2n) is 5.85. The van der Waals surface area contributed by atoms with Gasteiger partial charge in [-0.15, -0.1) is 0 Å². The molecule has 1 amide bonds. The zero-order chi connectivity index (χ0) is 18.7. The van der Waals surface area contributed by atoms with Crippen LogP contribution in [0.1, 0.15) is 21.5 Å². The lowest BCUT2D eigenvalue weighted by Crippen LogP contribution is -2.13. The Morgan fingerprint density at radius 1 is 0.962 bits per heavy atom. The highest BCUT2D eigenvalue weighted by Crippen LogP contribution is 2.30. The quantitative estimate of drug-likeness (QED) is 0.629. The molecule has 3 aromatic rings. The van der Waals surface area contributed by atoms with Crippen molar-refractivity contribution >= 4 is 46.4 Å². The van der Waals surface area contributed by atoms with Crippen molar-refractivity contribution < 1.29 is 4.79 Å². The van der Waals surface area contributed by atoms with E-state index in [1.165, 1.54) is 12.4 Å². The third-order valence-electron chi connectivity index (χ3n) is 3.59. The molecule has 0 saturated carbocycles. The Hall–Kier alpha value is -2.63. The molecule has 5 nitrogen and oxygen atoms in total. The molecule has 0 saturated heterocycles. The molecule has 0 aliphatic rings. The van der Waals surface area contributed by atoms with Crippen LogP contribution >= 0.6 is 23.2 Å². The molecular formula is C19H16Cl2N4O. The Balaban J connectivity index is 1.73. The first-order valence-electron chi connectivity index (χ1n) is 7.85. The van der Waals surface area contributed by atoms with Gasteiger partial charge in [0.1, 0.15) is 0 Å². The molecule has 2 N–H and O–H groups in total. The third kappa shape index (κ3) is 4.31. The summed E-state index contributed by atoms with van der Waals surface area (Å²) >= 11 is 12.1. The topological polar surface area (TPSA) is 66.9 Å². The molecule has 3 rings (SSSR count). The van der Waals surface area contributed by atoms with Gasteiger partial charge >= 0.3 is 0 Å². The molecule has 0 spiro atoms. The van der Waals surface area contributed by atoms with Crippen molar-refractivity contribution in [3.05, 3.63) is 75.5 Å². The number of aryl methyl sites for hydroxylation is 2. The van der Waals surface area contributed by atoms with Crippen molar-refractivity contribution in [3.8, 4) is 0 Å². The van der Waals surface area contributed by atoms with Gasteiger partial charge in [0.25, 0.3) is 5.91 Å². The Labute approximate surface area is 161 Å². The first-order chi connectivity index (χ1) is 12.4. The molecule has 1 heterocycles. The van der Waals surface area contributed by atoms with E-state index in [9.17, 15) is 4.79 Å². The minimum Gasteiger partial charge on any atom is -0.324 e. The van der Waals surface area contributed by atoms with Crippen molar-refractivity contribution in [2.75, 3.05) is 10.6 Å². The van der Waals surface area contributed by atoms with Crippen LogP contribution in [0.5, 0.6) is 0 Å². The Kier molecular flexibility index (Phi) is 5.40. The summed E-state index contributed by atoms with van der Waals surface area (Å²) < 4.78 is 0. The van der Waals surface area contributed by atoms with E-state index < -0.39 is 5.91 Å². The third-order valence-corrected chi connectivity index (χ3v) is 4.22. The molecular weight excluding hydrogens is 371 g/mol. The minimum atomic E-state index is -0.391. The Bertz CT molecular complexity index is 918. The number of anilines is 3. The van der Waals surface area contributed by atoms with Gasteiger partial charge in [-0.05, 0) is 49.2 Å². The molecule has 1 aromatic heterocycles. The number of nitrogens with one attached hydrogen (secondary N) is 2. The smallest absolute Gasteiger partial charge is 0.258 e. The first kappa shape index (κ1) is 18.2. The van der Waals surface area contributed by atoms with Gasteiger partial charge in [0.05, 0.1) is 21.3 Å². The van der Waals surface area contributed by atoms with E-state index in [0.717, 1.165) is 16.8 Å². The van der Waals surface area contributed by atoms with E-state index in [4.69, 9.17) is 23.2 Å². The number of nitrogens with zero attached hydrogens (tertiary/aromatic N) is 2. The highest BCUT2D eigenvalue weighted by atomic mass is 35.5. The number of benzene rings is 2. The van der Waals surface area contributed by atoms with Crippen molar-refractivity contribution in [2.24, 2.45) is 0 Å². The van der Waals surface area contributed by atoms with Crippen LogP contribution in [0.15, 0.2) is 48.8 Å². The lowest BCUT2D eigenvalue weighted by molar-refractivity contribution is 0.102. The summed E-state index contributed by atoms with van der Waals surface area (Å²) in [5.74, 6) is 0.0141. The van der Waals surface area contributed by atoms with Crippen molar-refractivity contribution in [1.29, 1.82) is 0 Å². The van der Waals surface area contributed by atoms with E-state index in [-0.39, 0.29) is 0 Å². The molecule has 2 aromatic carbocycles. The highest BCUT2D eigenvalue weighted by molar-refractivity contribution is 6.40. The van der Waals surface area contributed by atoms with Gasteiger partial charge in [-0.25, -0.2) is 9.97 Å². The van der Waals surface area contributed by atoms with E-state index in [2.05, 4.69) is 26.7 Å². The number of halogens is 2. The average molecular weight is 387 g/mol. The predicted octanol–water partition coefficient (Wildman–Crippen LogP) is 5.40. The monoisotopic (exact) mass is 386 g/mol. The van der Waals surface area contributed by atoms with Crippen molar-refractivity contribution in [2.45, 2.75) is 13.8 Å². The predicted molar refractivity (Wildman–Crippen MR) is 106 cm³/mol. The van der Waals surface area contributed by atoms with Crippen LogP contribution in [0.2, 0.25) is 10.0 Å². The summed E-state index contributed by atoms with van der Waals surface area (Å²) in [5.41, 5.74) is 3.83. The molecule has 0 aliphatic heterocycles. The van der Waals surface area contributed by atoms with Gasteiger partial charge in [-0.1, -0.05) is 35.3 Å². The zero-order valence-electron chi connectivity index (χ0n) is 14.2. The first-order valence-corrected chi connectivity index (χ1v) is 8.61. The van der Waals surface area contributed by atoms with Gasteiger partial charge in [0.2, 0.25) is 5.95 Å². The fourth-order valence-electron chi connectivity index (χ4n) is 2.49. The maximum Gasteiger partial charge on any atom is 0.258 e. The number of hydrogen-bond acceptors (Lipinski definition) is 4. The normalized spacial score (nSPS) is 10.5. The van der Waals surface area contributed by atoms with Crippen LogP contribution in [0.25, 0.3) is 0 Å². The average Bonchev–Trinajstić information content (AvgIpc) is 2.58. The second kappa shape index (κ2) is 7.72. The molecule has 132 valence electrons. The molecule has 7 heteroatoms. The zero-order valence-corrected chi connectivity index (χ0v) is 15.7. The van der Waals surface area contributed by atoms with E-state index >= 15 is 0 Å². The number of rotatable bonds is 4. The van der Waals surface area contributed by atoms with Crippen LogP contribution in [0.4, 0.5) is 17.3 Å². The second-order valence-corrected chi connectivity index (χ2v) is 6.66. The fourth-order valence-corrected chi connectivity index (χ4v) is 2.98. The van der Waals surface area contributed by atoms with Gasteiger partial charge in [-0.2, -0.15) is 0 Å². The number of hydrogen-bond donors (Lipinski definition) is 2. The van der Waals surface area contributed by atoms with Gasteiger partial charge in [-0.3, -0.25) is 4.79 Å². The Morgan fingerprint density at radius 3 is 2.12 bits per heavy atom. The molecule has 26 heavy (non-hydrogen) atoms. The molecule has 0 atom stereocenters. The Morgan fingerprint density at radius 2 is 1.54 bits per heavy atom. The summed E-state index contributed by atoms with van der Waals surface area (Å²) in [7, 11) is 0. The lowest BCUT2D eigenvalue weighted by Gasteiger charge is -2.10. The number of carbonyl (C=O) groups is 1. The van der Waals surface area contributed by atoms with Gasteiger partial charge in [0.15, 0.2) is 0 Å². The van der Waals surface area contributed by atoms with E-state index in [1.54, 1.807) is 18.2 Å². The summed E-state index contributed by atoms with van der Waals surface area (Å²) in [5, 5.41) is 6.52. The summed E-state index contributed by atoms with van der Waals surface area (Å²) in [6.45, 7) is 4.04. The van der Waals surface area contributed by atoms with Gasteiger partial charge < -0.3 is 10.6 Å². The van der Waals surface area contributed by atoms with Crippen LogP contribution in [-0.4, -0.2) is 15.9 Å². The summed E-state index contributed by atoms with van der Waals surface area (Å²) in [6.07, 6.45) is 2.89. The van der Waals surface area contributed by atoms with Crippen LogP contribution in [0, 0.1) is 13.8 Å². The molecule has 0 bridgehead atoms. The number of carbonyl (C=O) groups excluding carboxylic acids is 1. The van der Waals surface area contributed by atoms with Gasteiger partial charge in [0, 0.05) is 18.1 Å². The SMILES string of the molecule is Cc1cc(C)cc(Nc2ncc(C(=O)Nc3c(Cl)cccc3Cl)cn2)c1. The van der Waals surface area contributed by atoms with Crippen molar-refractivity contribution in [3.63, 3.8) is 0 Å². The number of amides is 1. The van der Waals surface area contributed by atoms with Crippen LogP contribution in [-0.2, 0) is 0 Å².